The number of phenols is 4. The second kappa shape index (κ2) is 9.77. The Bertz CT molecular complexity index is 1310. The number of hydrogen-bond donors (Lipinski definition) is 4. The van der Waals surface area contributed by atoms with Gasteiger partial charge in [0.25, 0.3) is 0 Å². The highest BCUT2D eigenvalue weighted by Gasteiger charge is 2.21. The zero-order valence-corrected chi connectivity index (χ0v) is 18.6. The molecule has 4 N–H and O–H groups in total. The third-order valence-electron chi connectivity index (χ3n) is 5.94. The average molecular weight is 445 g/mol. The van der Waals surface area contributed by atoms with Crippen LogP contribution in [0.4, 0.5) is 11.4 Å². The van der Waals surface area contributed by atoms with Crippen molar-refractivity contribution >= 4 is 32.9 Å². The fraction of sp³-hybridized carbons (Fsp3) is 0.259. The minimum atomic E-state index is -0.358. The van der Waals surface area contributed by atoms with Gasteiger partial charge in [0.1, 0.15) is 28.7 Å². The number of fused-ring (bicyclic) bond motifs is 2. The van der Waals surface area contributed by atoms with E-state index in [1.807, 2.05) is 24.3 Å². The second-order valence-electron chi connectivity index (χ2n) is 8.29. The summed E-state index contributed by atoms with van der Waals surface area (Å²) in [4.78, 5) is 0. The van der Waals surface area contributed by atoms with Gasteiger partial charge in [-0.25, -0.2) is 0 Å². The van der Waals surface area contributed by atoms with Gasteiger partial charge in [0.05, 0.1) is 16.5 Å². The molecule has 4 aromatic carbocycles. The average Bonchev–Trinajstić information content (AvgIpc) is 2.82. The molecule has 6 nitrogen and oxygen atoms in total. The van der Waals surface area contributed by atoms with E-state index in [2.05, 4.69) is 17.2 Å². The van der Waals surface area contributed by atoms with Crippen molar-refractivity contribution in [2.75, 3.05) is 0 Å². The number of rotatable bonds is 8. The maximum Gasteiger partial charge on any atom is 0.147 e. The van der Waals surface area contributed by atoms with Gasteiger partial charge >= 0.3 is 0 Å². The molecular weight excluding hydrogens is 416 g/mol. The third-order valence-corrected chi connectivity index (χ3v) is 5.94. The molecule has 0 saturated carbocycles. The molecule has 4 aromatic rings. The molecular formula is C27H28N2O4. The van der Waals surface area contributed by atoms with Gasteiger partial charge in [-0.1, -0.05) is 69.0 Å². The quantitative estimate of drug-likeness (QED) is 0.0965. The van der Waals surface area contributed by atoms with Crippen LogP contribution < -0.4 is 0 Å². The maximum absolute atomic E-state index is 10.9. The van der Waals surface area contributed by atoms with Crippen LogP contribution in [0.1, 0.15) is 44.6 Å². The molecule has 0 heterocycles. The van der Waals surface area contributed by atoms with Gasteiger partial charge in [0.15, 0.2) is 0 Å². The number of nitrogens with zero attached hydrogens (tertiary/aromatic N) is 2. The molecule has 0 unspecified atom stereocenters. The topological polar surface area (TPSA) is 106 Å². The van der Waals surface area contributed by atoms with E-state index in [0.29, 0.717) is 16.5 Å². The summed E-state index contributed by atoms with van der Waals surface area (Å²) in [6.45, 7) is 2.21. The molecule has 4 rings (SSSR count). The number of unbranched alkanes of at least 4 members (excludes halogenated alkanes) is 4. The summed E-state index contributed by atoms with van der Waals surface area (Å²) in [5.41, 5.74) is 1.80. The minimum Gasteiger partial charge on any atom is -0.507 e. The van der Waals surface area contributed by atoms with Gasteiger partial charge in [-0.05, 0) is 30.5 Å². The van der Waals surface area contributed by atoms with Gasteiger partial charge in [-0.15, -0.1) is 5.11 Å². The van der Waals surface area contributed by atoms with Crippen LogP contribution in [0.25, 0.3) is 21.5 Å². The van der Waals surface area contributed by atoms with Crippen molar-refractivity contribution in [1.82, 2.24) is 0 Å². The van der Waals surface area contributed by atoms with Crippen LogP contribution in [0.5, 0.6) is 23.0 Å². The van der Waals surface area contributed by atoms with Crippen molar-refractivity contribution in [2.45, 2.75) is 45.4 Å². The second-order valence-corrected chi connectivity index (χ2v) is 8.29. The lowest BCUT2D eigenvalue weighted by molar-refractivity contribution is 0.448. The van der Waals surface area contributed by atoms with E-state index in [-0.39, 0.29) is 39.5 Å². The summed E-state index contributed by atoms with van der Waals surface area (Å²) in [5, 5.41) is 51.7. The summed E-state index contributed by atoms with van der Waals surface area (Å²) in [6.07, 6.45) is 7.19. The van der Waals surface area contributed by atoms with Crippen molar-refractivity contribution in [2.24, 2.45) is 10.2 Å². The lowest BCUT2D eigenvalue weighted by Crippen LogP contribution is -1.85. The first kappa shape index (κ1) is 22.4. The fourth-order valence-corrected chi connectivity index (χ4v) is 4.15. The molecule has 170 valence electrons. The molecule has 33 heavy (non-hydrogen) atoms. The lowest BCUT2D eigenvalue weighted by Gasteiger charge is -2.13. The monoisotopic (exact) mass is 444 g/mol. The summed E-state index contributed by atoms with van der Waals surface area (Å²) in [7, 11) is 0. The summed E-state index contributed by atoms with van der Waals surface area (Å²) < 4.78 is 0. The Morgan fingerprint density at radius 3 is 1.97 bits per heavy atom. The summed E-state index contributed by atoms with van der Waals surface area (Å²) in [6, 6.07) is 15.6. The van der Waals surface area contributed by atoms with E-state index in [4.69, 9.17) is 0 Å². The number of hydrogen-bond acceptors (Lipinski definition) is 6. The predicted octanol–water partition coefficient (Wildman–Crippen LogP) is 7.74. The Morgan fingerprint density at radius 1 is 0.667 bits per heavy atom. The molecule has 0 atom stereocenters. The maximum atomic E-state index is 10.9. The largest absolute Gasteiger partial charge is 0.507 e. The van der Waals surface area contributed by atoms with E-state index in [1.54, 1.807) is 24.3 Å². The fourth-order valence-electron chi connectivity index (χ4n) is 4.15. The van der Waals surface area contributed by atoms with Crippen molar-refractivity contribution in [3.05, 3.63) is 60.2 Å². The van der Waals surface area contributed by atoms with Crippen LogP contribution in [0.2, 0.25) is 0 Å². The molecule has 0 saturated heterocycles. The number of aromatic hydroxyl groups is 4. The first-order valence-electron chi connectivity index (χ1n) is 11.3. The van der Waals surface area contributed by atoms with Crippen LogP contribution in [-0.4, -0.2) is 20.4 Å². The first-order chi connectivity index (χ1) is 16.0. The van der Waals surface area contributed by atoms with E-state index in [1.165, 1.54) is 31.2 Å². The van der Waals surface area contributed by atoms with Gasteiger partial charge in [-0.3, -0.25) is 0 Å². The molecule has 0 bridgehead atoms. The van der Waals surface area contributed by atoms with Gasteiger partial charge in [0, 0.05) is 16.8 Å². The highest BCUT2D eigenvalue weighted by molar-refractivity contribution is 6.17. The SMILES string of the molecule is CCCCCCCc1ccc(N=Nc2c(O)cc(O)c3c(O)c4ccccc4c(O)c23)cc1. The molecule has 0 aliphatic rings. The van der Waals surface area contributed by atoms with Crippen molar-refractivity contribution in [3.8, 4) is 23.0 Å². The zero-order valence-electron chi connectivity index (χ0n) is 18.6. The lowest BCUT2D eigenvalue weighted by atomic mass is 9.98. The number of benzene rings is 4. The number of phenolic OH excluding ortho intramolecular Hbond substituents is 4. The molecule has 0 aromatic heterocycles. The Labute approximate surface area is 192 Å². The van der Waals surface area contributed by atoms with Crippen LogP contribution >= 0.6 is 0 Å². The standard InChI is InChI=1S/C27H28N2O4/c1-2-3-4-5-6-9-17-12-14-18(15-13-17)28-29-25-22(31)16-21(30)23-24(25)27(33)20-11-8-7-10-19(20)26(23)32/h7-8,10-16,30-33H,2-6,9H2,1H3. The normalized spacial score (nSPS) is 11.7. The van der Waals surface area contributed by atoms with Crippen molar-refractivity contribution in [3.63, 3.8) is 0 Å². The van der Waals surface area contributed by atoms with Crippen LogP contribution in [0.15, 0.2) is 64.8 Å². The van der Waals surface area contributed by atoms with E-state index < -0.39 is 0 Å². The highest BCUT2D eigenvalue weighted by Crippen LogP contribution is 2.52. The predicted molar refractivity (Wildman–Crippen MR) is 131 cm³/mol. The highest BCUT2D eigenvalue weighted by atomic mass is 16.3. The van der Waals surface area contributed by atoms with E-state index >= 15 is 0 Å². The molecule has 0 amide bonds. The summed E-state index contributed by atoms with van der Waals surface area (Å²) in [5.74, 6) is -1.10. The molecule has 6 heteroatoms. The Morgan fingerprint density at radius 2 is 1.30 bits per heavy atom. The minimum absolute atomic E-state index is 0.0105. The number of azo groups is 1. The third kappa shape index (κ3) is 4.55. The molecule has 0 aliphatic carbocycles. The Kier molecular flexibility index (Phi) is 6.63. The zero-order chi connectivity index (χ0) is 23.4. The Hall–Kier alpha value is -3.80. The summed E-state index contributed by atoms with van der Waals surface area (Å²) >= 11 is 0. The van der Waals surface area contributed by atoms with Crippen LogP contribution in [-0.2, 0) is 6.42 Å². The van der Waals surface area contributed by atoms with Gasteiger partial charge in [0.2, 0.25) is 0 Å². The van der Waals surface area contributed by atoms with Gasteiger partial charge in [-0.2, -0.15) is 5.11 Å². The first-order valence-corrected chi connectivity index (χ1v) is 11.3. The smallest absolute Gasteiger partial charge is 0.147 e. The number of aryl methyl sites for hydroxylation is 1. The molecule has 0 aliphatic heterocycles. The van der Waals surface area contributed by atoms with Crippen molar-refractivity contribution in [1.29, 1.82) is 0 Å². The van der Waals surface area contributed by atoms with Crippen molar-refractivity contribution < 1.29 is 20.4 Å². The molecule has 0 radical (unpaired) electrons. The molecule has 0 fully saturated rings. The molecule has 0 spiro atoms. The van der Waals surface area contributed by atoms with E-state index in [0.717, 1.165) is 18.9 Å². The van der Waals surface area contributed by atoms with Gasteiger partial charge < -0.3 is 20.4 Å². The van der Waals surface area contributed by atoms with Crippen LogP contribution in [0.3, 0.4) is 0 Å². The Balaban J connectivity index is 1.66. The van der Waals surface area contributed by atoms with E-state index in [9.17, 15) is 20.4 Å². The van der Waals surface area contributed by atoms with Crippen LogP contribution in [0, 0.1) is 0 Å².